The van der Waals surface area contributed by atoms with Crippen molar-refractivity contribution in [3.8, 4) is 0 Å². The summed E-state index contributed by atoms with van der Waals surface area (Å²) in [6.07, 6.45) is 0. The molecule has 2 atom stereocenters. The fraction of sp³-hybridized carbons (Fsp3) is 0.588. The Labute approximate surface area is 128 Å². The fourth-order valence-corrected chi connectivity index (χ4v) is 1.93. The Bertz CT molecular complexity index is 439. The van der Waals surface area contributed by atoms with Gasteiger partial charge in [0.25, 0.3) is 0 Å². The van der Waals surface area contributed by atoms with E-state index in [1.165, 1.54) is 5.56 Å². The molecule has 21 heavy (non-hydrogen) atoms. The fourth-order valence-electron chi connectivity index (χ4n) is 1.93. The highest BCUT2D eigenvalue weighted by atomic mass is 16.2. The Hall–Kier alpha value is -1.39. The third-order valence-electron chi connectivity index (χ3n) is 3.81. The summed E-state index contributed by atoms with van der Waals surface area (Å²) in [5.41, 5.74) is 7.00. The minimum Gasteiger partial charge on any atom is -0.353 e. The van der Waals surface area contributed by atoms with Crippen molar-refractivity contribution in [2.45, 2.75) is 46.3 Å². The third-order valence-corrected chi connectivity index (χ3v) is 3.81. The molecule has 0 heterocycles. The minimum absolute atomic E-state index is 0.0811. The van der Waals surface area contributed by atoms with Crippen LogP contribution in [0.15, 0.2) is 30.3 Å². The van der Waals surface area contributed by atoms with Gasteiger partial charge in [-0.05, 0) is 24.9 Å². The zero-order chi connectivity index (χ0) is 16.0. The Morgan fingerprint density at radius 2 is 1.86 bits per heavy atom. The first kappa shape index (κ1) is 17.7. The third kappa shape index (κ3) is 5.86. The van der Waals surface area contributed by atoms with Gasteiger partial charge in [-0.3, -0.25) is 9.69 Å². The molecule has 1 unspecified atom stereocenters. The second-order valence-electron chi connectivity index (χ2n) is 6.84. The lowest BCUT2D eigenvalue weighted by Gasteiger charge is -2.28. The van der Waals surface area contributed by atoms with Gasteiger partial charge in [-0.25, -0.2) is 0 Å². The van der Waals surface area contributed by atoms with Crippen molar-refractivity contribution >= 4 is 5.91 Å². The van der Waals surface area contributed by atoms with Crippen LogP contribution < -0.4 is 11.1 Å². The number of nitrogens with zero attached hydrogens (tertiary/aromatic N) is 1. The van der Waals surface area contributed by atoms with Crippen molar-refractivity contribution in [1.29, 1.82) is 0 Å². The summed E-state index contributed by atoms with van der Waals surface area (Å²) in [4.78, 5) is 14.2. The second kappa shape index (κ2) is 7.57. The SMILES string of the molecule is CC(CNC(=O)[C@@H](N)C(C)(C)C)N(C)Cc1ccccc1. The average Bonchev–Trinajstić information content (AvgIpc) is 2.43. The molecule has 118 valence electrons. The van der Waals surface area contributed by atoms with Gasteiger partial charge in [0.2, 0.25) is 5.91 Å². The molecule has 4 heteroatoms. The first-order valence-corrected chi connectivity index (χ1v) is 7.49. The van der Waals surface area contributed by atoms with E-state index < -0.39 is 6.04 Å². The van der Waals surface area contributed by atoms with Gasteiger partial charge >= 0.3 is 0 Å². The quantitative estimate of drug-likeness (QED) is 0.843. The number of carbonyl (C=O) groups is 1. The molecule has 4 nitrogen and oxygen atoms in total. The van der Waals surface area contributed by atoms with Crippen LogP contribution in [0.25, 0.3) is 0 Å². The number of nitrogens with one attached hydrogen (secondary N) is 1. The number of benzene rings is 1. The van der Waals surface area contributed by atoms with E-state index in [9.17, 15) is 4.79 Å². The average molecular weight is 291 g/mol. The van der Waals surface area contributed by atoms with Crippen LogP contribution in [-0.2, 0) is 11.3 Å². The maximum atomic E-state index is 12.0. The van der Waals surface area contributed by atoms with E-state index in [1.54, 1.807) is 0 Å². The van der Waals surface area contributed by atoms with Gasteiger partial charge in [0.15, 0.2) is 0 Å². The monoisotopic (exact) mass is 291 g/mol. The van der Waals surface area contributed by atoms with Crippen molar-refractivity contribution in [3.63, 3.8) is 0 Å². The van der Waals surface area contributed by atoms with Crippen LogP contribution in [0.5, 0.6) is 0 Å². The highest BCUT2D eigenvalue weighted by Crippen LogP contribution is 2.17. The van der Waals surface area contributed by atoms with Gasteiger partial charge in [-0.15, -0.1) is 0 Å². The Balaban J connectivity index is 2.43. The highest BCUT2D eigenvalue weighted by Gasteiger charge is 2.27. The lowest BCUT2D eigenvalue weighted by Crippen LogP contribution is -2.51. The molecule has 1 aromatic rings. The van der Waals surface area contributed by atoms with Crippen LogP contribution >= 0.6 is 0 Å². The van der Waals surface area contributed by atoms with E-state index in [1.807, 2.05) is 39.0 Å². The molecule has 3 N–H and O–H groups in total. The lowest BCUT2D eigenvalue weighted by molar-refractivity contribution is -0.124. The topological polar surface area (TPSA) is 58.4 Å². The number of hydrogen-bond acceptors (Lipinski definition) is 3. The van der Waals surface area contributed by atoms with Crippen LogP contribution in [0.4, 0.5) is 0 Å². The molecule has 0 saturated heterocycles. The standard InChI is InChI=1S/C17H29N3O/c1-13(11-19-16(21)15(18)17(2,3)4)20(5)12-14-9-7-6-8-10-14/h6-10,13,15H,11-12,18H2,1-5H3,(H,19,21)/t13?,15-/m1/s1. The van der Waals surface area contributed by atoms with E-state index in [-0.39, 0.29) is 17.4 Å². The van der Waals surface area contributed by atoms with Crippen molar-refractivity contribution in [2.75, 3.05) is 13.6 Å². The number of nitrogens with two attached hydrogens (primary N) is 1. The molecule has 1 aromatic carbocycles. The summed E-state index contributed by atoms with van der Waals surface area (Å²) in [6.45, 7) is 9.49. The van der Waals surface area contributed by atoms with Crippen molar-refractivity contribution in [3.05, 3.63) is 35.9 Å². The van der Waals surface area contributed by atoms with Crippen LogP contribution in [0.2, 0.25) is 0 Å². The lowest BCUT2D eigenvalue weighted by atomic mass is 9.87. The number of likely N-dealkylation sites (N-methyl/N-ethyl adjacent to an activating group) is 1. The number of carbonyl (C=O) groups excluding carboxylic acids is 1. The zero-order valence-electron chi connectivity index (χ0n) is 13.9. The highest BCUT2D eigenvalue weighted by molar-refractivity contribution is 5.82. The Morgan fingerprint density at radius 3 is 2.38 bits per heavy atom. The van der Waals surface area contributed by atoms with Crippen molar-refractivity contribution in [1.82, 2.24) is 10.2 Å². The van der Waals surface area contributed by atoms with Gasteiger partial charge in [0.05, 0.1) is 6.04 Å². The largest absolute Gasteiger partial charge is 0.353 e. The van der Waals surface area contributed by atoms with E-state index >= 15 is 0 Å². The van der Waals surface area contributed by atoms with Crippen LogP contribution in [0.1, 0.15) is 33.3 Å². The maximum Gasteiger partial charge on any atom is 0.237 e. The number of rotatable bonds is 6. The van der Waals surface area contributed by atoms with Gasteiger partial charge in [-0.1, -0.05) is 51.1 Å². The first-order valence-electron chi connectivity index (χ1n) is 7.49. The smallest absolute Gasteiger partial charge is 0.237 e. The van der Waals surface area contributed by atoms with Gasteiger partial charge in [0.1, 0.15) is 0 Å². The van der Waals surface area contributed by atoms with Crippen molar-refractivity contribution in [2.24, 2.45) is 11.1 Å². The molecule has 0 saturated carbocycles. The second-order valence-corrected chi connectivity index (χ2v) is 6.84. The summed E-state index contributed by atoms with van der Waals surface area (Å²) < 4.78 is 0. The predicted molar refractivity (Wildman–Crippen MR) is 87.8 cm³/mol. The molecule has 0 bridgehead atoms. The predicted octanol–water partition coefficient (Wildman–Crippen LogP) is 2.00. The molecule has 0 aliphatic rings. The maximum absolute atomic E-state index is 12.0. The van der Waals surface area contributed by atoms with Crippen molar-refractivity contribution < 1.29 is 4.79 Å². The molecular formula is C17H29N3O. The molecule has 0 aromatic heterocycles. The summed E-state index contributed by atoms with van der Waals surface area (Å²) in [5, 5.41) is 2.95. The summed E-state index contributed by atoms with van der Waals surface area (Å²) in [5.74, 6) is -0.0811. The van der Waals surface area contributed by atoms with Gasteiger partial charge in [-0.2, -0.15) is 0 Å². The molecule has 1 rings (SSSR count). The van der Waals surface area contributed by atoms with Crippen LogP contribution in [-0.4, -0.2) is 36.5 Å². The normalized spacial score (nSPS) is 14.8. The van der Waals surface area contributed by atoms with Gasteiger partial charge < -0.3 is 11.1 Å². The van der Waals surface area contributed by atoms with Crippen LogP contribution in [0, 0.1) is 5.41 Å². The molecule has 0 spiro atoms. The summed E-state index contributed by atoms with van der Waals surface area (Å²) in [7, 11) is 2.06. The van der Waals surface area contributed by atoms with E-state index in [0.717, 1.165) is 6.54 Å². The summed E-state index contributed by atoms with van der Waals surface area (Å²) >= 11 is 0. The molecule has 0 fully saturated rings. The molecular weight excluding hydrogens is 262 g/mol. The molecule has 0 aliphatic heterocycles. The van der Waals surface area contributed by atoms with E-state index in [2.05, 4.69) is 36.3 Å². The molecule has 0 aliphatic carbocycles. The summed E-state index contributed by atoms with van der Waals surface area (Å²) in [6, 6.07) is 10.1. The number of hydrogen-bond donors (Lipinski definition) is 2. The Morgan fingerprint density at radius 1 is 1.29 bits per heavy atom. The van der Waals surface area contributed by atoms with Gasteiger partial charge in [0, 0.05) is 19.1 Å². The first-order chi connectivity index (χ1) is 9.71. The number of amides is 1. The Kier molecular flexibility index (Phi) is 6.37. The van der Waals surface area contributed by atoms with Crippen LogP contribution in [0.3, 0.4) is 0 Å². The van der Waals surface area contributed by atoms with E-state index in [4.69, 9.17) is 5.73 Å². The minimum atomic E-state index is -0.482. The molecule has 1 amide bonds. The zero-order valence-corrected chi connectivity index (χ0v) is 13.9. The van der Waals surface area contributed by atoms with E-state index in [0.29, 0.717) is 6.54 Å². The molecule has 0 radical (unpaired) electrons.